The highest BCUT2D eigenvalue weighted by molar-refractivity contribution is 7.13. The molecule has 6 heteroatoms. The summed E-state index contributed by atoms with van der Waals surface area (Å²) in [5.74, 6) is 0.119. The number of piperazine rings is 1. The number of hydrogen-bond donors (Lipinski definition) is 0. The molecular weight excluding hydrogens is 250 g/mol. The lowest BCUT2D eigenvalue weighted by atomic mass is 10.2. The summed E-state index contributed by atoms with van der Waals surface area (Å²) in [6.07, 6.45) is 0. The van der Waals surface area contributed by atoms with E-state index in [-0.39, 0.29) is 11.8 Å². The minimum Gasteiger partial charge on any atom is -0.339 e. The van der Waals surface area contributed by atoms with Crippen LogP contribution in [0.4, 0.5) is 0 Å². The Labute approximate surface area is 110 Å². The lowest BCUT2D eigenvalue weighted by Crippen LogP contribution is -2.50. The summed E-state index contributed by atoms with van der Waals surface area (Å²) in [4.78, 5) is 32.1. The third-order valence-corrected chi connectivity index (χ3v) is 4.17. The normalized spacial score (nSPS) is 15.9. The van der Waals surface area contributed by atoms with Crippen LogP contribution in [-0.4, -0.2) is 52.8 Å². The predicted molar refractivity (Wildman–Crippen MR) is 69.7 cm³/mol. The van der Waals surface area contributed by atoms with Crippen LogP contribution in [0.2, 0.25) is 0 Å². The highest BCUT2D eigenvalue weighted by Crippen LogP contribution is 2.20. The van der Waals surface area contributed by atoms with Crippen LogP contribution < -0.4 is 0 Å². The second-order valence-electron chi connectivity index (χ2n) is 4.45. The van der Waals surface area contributed by atoms with E-state index >= 15 is 0 Å². The highest BCUT2D eigenvalue weighted by atomic mass is 32.1. The fourth-order valence-electron chi connectivity index (χ4n) is 2.10. The maximum absolute atomic E-state index is 12.3. The van der Waals surface area contributed by atoms with Gasteiger partial charge < -0.3 is 9.80 Å². The van der Waals surface area contributed by atoms with Crippen molar-refractivity contribution in [3.05, 3.63) is 15.6 Å². The van der Waals surface area contributed by atoms with Crippen LogP contribution >= 0.6 is 11.3 Å². The van der Waals surface area contributed by atoms with Crippen molar-refractivity contribution >= 4 is 23.2 Å². The van der Waals surface area contributed by atoms with Crippen molar-refractivity contribution in [2.75, 3.05) is 26.2 Å². The molecule has 0 unspecified atom stereocenters. The van der Waals surface area contributed by atoms with E-state index in [4.69, 9.17) is 0 Å². The lowest BCUT2D eigenvalue weighted by Gasteiger charge is -2.34. The summed E-state index contributed by atoms with van der Waals surface area (Å²) in [6, 6.07) is 0. The molecule has 0 N–H and O–H groups in total. The van der Waals surface area contributed by atoms with Crippen LogP contribution in [0.3, 0.4) is 0 Å². The second kappa shape index (κ2) is 5.06. The van der Waals surface area contributed by atoms with Crippen LogP contribution in [-0.2, 0) is 4.79 Å². The molecule has 1 aliphatic heterocycles. The van der Waals surface area contributed by atoms with E-state index in [2.05, 4.69) is 4.98 Å². The molecule has 2 rings (SSSR count). The fourth-order valence-corrected chi connectivity index (χ4v) is 2.99. The number of carbonyl (C=O) groups is 2. The summed E-state index contributed by atoms with van der Waals surface area (Å²) in [7, 11) is 0. The monoisotopic (exact) mass is 267 g/mol. The van der Waals surface area contributed by atoms with Crippen LogP contribution in [0, 0.1) is 13.8 Å². The van der Waals surface area contributed by atoms with Crippen molar-refractivity contribution in [3.63, 3.8) is 0 Å². The van der Waals surface area contributed by atoms with Crippen molar-refractivity contribution in [3.8, 4) is 0 Å². The van der Waals surface area contributed by atoms with Gasteiger partial charge in [0.15, 0.2) is 0 Å². The zero-order chi connectivity index (χ0) is 13.3. The van der Waals surface area contributed by atoms with Gasteiger partial charge in [0.05, 0.1) is 10.7 Å². The molecule has 0 saturated carbocycles. The molecule has 1 aromatic rings. The minimum atomic E-state index is 0.0429. The first-order valence-corrected chi connectivity index (χ1v) is 6.79. The average molecular weight is 267 g/mol. The van der Waals surface area contributed by atoms with E-state index in [9.17, 15) is 9.59 Å². The van der Waals surface area contributed by atoms with Gasteiger partial charge in [-0.05, 0) is 13.8 Å². The molecule has 1 aromatic heterocycles. The van der Waals surface area contributed by atoms with E-state index in [0.29, 0.717) is 26.2 Å². The van der Waals surface area contributed by atoms with Crippen LogP contribution in [0.25, 0.3) is 0 Å². The molecule has 0 aromatic carbocycles. The van der Waals surface area contributed by atoms with Gasteiger partial charge in [0.2, 0.25) is 5.91 Å². The van der Waals surface area contributed by atoms with Gasteiger partial charge in [-0.3, -0.25) is 9.59 Å². The first kappa shape index (κ1) is 13.0. The summed E-state index contributed by atoms with van der Waals surface area (Å²) in [5, 5.41) is 0.915. The molecule has 0 aliphatic carbocycles. The molecule has 0 spiro atoms. The minimum absolute atomic E-state index is 0.0429. The van der Waals surface area contributed by atoms with Crippen molar-refractivity contribution < 1.29 is 9.59 Å². The average Bonchev–Trinajstić information content (AvgIpc) is 2.67. The van der Waals surface area contributed by atoms with E-state index in [1.54, 1.807) is 16.7 Å². The number of amides is 2. The summed E-state index contributed by atoms with van der Waals surface area (Å²) < 4.78 is 0. The summed E-state index contributed by atoms with van der Waals surface area (Å²) in [5.41, 5.74) is 0.802. The summed E-state index contributed by atoms with van der Waals surface area (Å²) in [6.45, 7) is 7.79. The van der Waals surface area contributed by atoms with Gasteiger partial charge in [0.1, 0.15) is 4.88 Å². The third-order valence-electron chi connectivity index (χ3n) is 3.11. The Morgan fingerprint density at radius 2 is 1.67 bits per heavy atom. The largest absolute Gasteiger partial charge is 0.339 e. The van der Waals surface area contributed by atoms with Gasteiger partial charge in [-0.2, -0.15) is 0 Å². The van der Waals surface area contributed by atoms with E-state index < -0.39 is 0 Å². The molecule has 1 aliphatic rings. The van der Waals surface area contributed by atoms with Gasteiger partial charge in [-0.25, -0.2) is 4.98 Å². The van der Waals surface area contributed by atoms with Crippen LogP contribution in [0.5, 0.6) is 0 Å². The zero-order valence-corrected chi connectivity index (χ0v) is 11.7. The molecule has 2 heterocycles. The molecule has 1 saturated heterocycles. The first-order chi connectivity index (χ1) is 8.49. The Morgan fingerprint density at radius 1 is 1.11 bits per heavy atom. The van der Waals surface area contributed by atoms with Crippen molar-refractivity contribution in [2.24, 2.45) is 0 Å². The predicted octanol–water partition coefficient (Wildman–Crippen LogP) is 1.06. The Hall–Kier alpha value is -1.43. The quantitative estimate of drug-likeness (QED) is 0.764. The van der Waals surface area contributed by atoms with Gasteiger partial charge >= 0.3 is 0 Å². The van der Waals surface area contributed by atoms with Gasteiger partial charge in [-0.15, -0.1) is 11.3 Å². The molecule has 0 atom stereocenters. The molecule has 0 bridgehead atoms. The van der Waals surface area contributed by atoms with Crippen LogP contribution in [0.15, 0.2) is 0 Å². The molecule has 98 valence electrons. The van der Waals surface area contributed by atoms with Gasteiger partial charge in [-0.1, -0.05) is 0 Å². The first-order valence-electron chi connectivity index (χ1n) is 5.98. The molecule has 1 fully saturated rings. The molecule has 0 radical (unpaired) electrons. The number of carbonyl (C=O) groups excluding carboxylic acids is 2. The smallest absolute Gasteiger partial charge is 0.265 e. The SMILES string of the molecule is CC(=O)N1CCN(C(=O)c2sc(C)nc2C)CC1. The topological polar surface area (TPSA) is 53.5 Å². The second-order valence-corrected chi connectivity index (χ2v) is 5.65. The maximum Gasteiger partial charge on any atom is 0.265 e. The Kier molecular flexibility index (Phi) is 3.65. The zero-order valence-electron chi connectivity index (χ0n) is 10.9. The highest BCUT2D eigenvalue weighted by Gasteiger charge is 2.25. The maximum atomic E-state index is 12.3. The number of aryl methyl sites for hydroxylation is 2. The standard InChI is InChI=1S/C12H17N3O2S/c1-8-11(18-9(2)13-8)12(17)15-6-4-14(5-7-15)10(3)16/h4-7H2,1-3H3. The lowest BCUT2D eigenvalue weighted by molar-refractivity contribution is -0.130. The third kappa shape index (κ3) is 2.53. The molecule has 18 heavy (non-hydrogen) atoms. The Balaban J connectivity index is 2.04. The van der Waals surface area contributed by atoms with Crippen molar-refractivity contribution in [1.29, 1.82) is 0 Å². The van der Waals surface area contributed by atoms with E-state index in [1.165, 1.54) is 11.3 Å². The Morgan fingerprint density at radius 3 is 2.11 bits per heavy atom. The van der Waals surface area contributed by atoms with Crippen molar-refractivity contribution in [2.45, 2.75) is 20.8 Å². The van der Waals surface area contributed by atoms with Crippen molar-refractivity contribution in [1.82, 2.24) is 14.8 Å². The van der Waals surface area contributed by atoms with E-state index in [0.717, 1.165) is 15.6 Å². The Bertz CT molecular complexity index is 476. The molecular formula is C12H17N3O2S. The number of rotatable bonds is 1. The number of aromatic nitrogens is 1. The van der Waals surface area contributed by atoms with E-state index in [1.807, 2.05) is 13.8 Å². The number of thiazole rings is 1. The van der Waals surface area contributed by atoms with Gasteiger partial charge in [0, 0.05) is 33.1 Å². The van der Waals surface area contributed by atoms with Crippen LogP contribution in [0.1, 0.15) is 27.3 Å². The summed E-state index contributed by atoms with van der Waals surface area (Å²) >= 11 is 1.44. The fraction of sp³-hybridized carbons (Fsp3) is 0.583. The number of hydrogen-bond acceptors (Lipinski definition) is 4. The van der Waals surface area contributed by atoms with Gasteiger partial charge in [0.25, 0.3) is 5.91 Å². The molecule has 2 amide bonds. The molecule has 5 nitrogen and oxygen atoms in total. The number of nitrogens with zero attached hydrogens (tertiary/aromatic N) is 3.